The maximum absolute atomic E-state index is 12.1. The first-order chi connectivity index (χ1) is 10.6. The Morgan fingerprint density at radius 3 is 2.91 bits per heavy atom. The molecule has 0 atom stereocenters. The number of carbonyl (C=O) groups excluding carboxylic acids is 1. The van der Waals surface area contributed by atoms with Crippen LogP contribution < -0.4 is 10.1 Å². The van der Waals surface area contributed by atoms with Gasteiger partial charge in [-0.15, -0.1) is 11.3 Å². The van der Waals surface area contributed by atoms with Crippen molar-refractivity contribution in [2.75, 3.05) is 7.05 Å². The Balaban J connectivity index is 1.90. The third-order valence-electron chi connectivity index (χ3n) is 2.83. The molecule has 2 amide bonds. The molecule has 0 aliphatic heterocycles. The van der Waals surface area contributed by atoms with E-state index >= 15 is 0 Å². The number of nitrogens with one attached hydrogen (secondary N) is 1. The molecule has 2 rings (SSSR count). The minimum Gasteiger partial charge on any atom is -0.475 e. The summed E-state index contributed by atoms with van der Waals surface area (Å²) in [4.78, 5) is 22.1. The van der Waals surface area contributed by atoms with Crippen molar-refractivity contribution in [3.05, 3.63) is 40.5 Å². The predicted octanol–water partition coefficient (Wildman–Crippen LogP) is 2.67. The van der Waals surface area contributed by atoms with E-state index < -0.39 is 0 Å². The van der Waals surface area contributed by atoms with Crippen LogP contribution in [0.2, 0.25) is 0 Å². The summed E-state index contributed by atoms with van der Waals surface area (Å²) in [7, 11) is 1.74. The Labute approximate surface area is 134 Å². The summed E-state index contributed by atoms with van der Waals surface area (Å²) in [5, 5.41) is 5.67. The zero-order chi connectivity index (χ0) is 15.9. The van der Waals surface area contributed by atoms with E-state index in [2.05, 4.69) is 15.3 Å². The van der Waals surface area contributed by atoms with E-state index in [1.165, 1.54) is 11.3 Å². The second-order valence-corrected chi connectivity index (χ2v) is 6.05. The van der Waals surface area contributed by atoms with Gasteiger partial charge in [-0.05, 0) is 19.9 Å². The maximum Gasteiger partial charge on any atom is 0.317 e. The number of pyridine rings is 1. The van der Waals surface area contributed by atoms with Crippen molar-refractivity contribution in [2.24, 2.45) is 0 Å². The topological polar surface area (TPSA) is 67.3 Å². The van der Waals surface area contributed by atoms with Crippen LogP contribution in [-0.4, -0.2) is 34.1 Å². The Kier molecular flexibility index (Phi) is 5.71. The van der Waals surface area contributed by atoms with E-state index in [0.29, 0.717) is 19.0 Å². The molecule has 0 radical (unpaired) electrons. The number of aromatic nitrogens is 2. The number of amides is 2. The Morgan fingerprint density at radius 2 is 2.23 bits per heavy atom. The molecule has 0 aliphatic carbocycles. The third-order valence-corrected chi connectivity index (χ3v) is 3.59. The van der Waals surface area contributed by atoms with Crippen molar-refractivity contribution in [1.82, 2.24) is 20.2 Å². The number of ether oxygens (including phenoxy) is 1. The smallest absolute Gasteiger partial charge is 0.317 e. The highest BCUT2D eigenvalue weighted by Gasteiger charge is 2.12. The van der Waals surface area contributed by atoms with E-state index in [1.54, 1.807) is 24.3 Å². The van der Waals surface area contributed by atoms with Gasteiger partial charge in [-0.2, -0.15) is 0 Å². The molecule has 0 unspecified atom stereocenters. The number of thiazole rings is 1. The summed E-state index contributed by atoms with van der Waals surface area (Å²) in [5.74, 6) is 0.556. The van der Waals surface area contributed by atoms with E-state index in [9.17, 15) is 4.79 Å². The first-order valence-electron chi connectivity index (χ1n) is 7.04. The first-order valence-corrected chi connectivity index (χ1v) is 7.92. The van der Waals surface area contributed by atoms with Crippen LogP contribution in [0.5, 0.6) is 5.88 Å². The molecule has 22 heavy (non-hydrogen) atoms. The number of hydrogen-bond acceptors (Lipinski definition) is 5. The van der Waals surface area contributed by atoms with Crippen molar-refractivity contribution in [2.45, 2.75) is 33.0 Å². The van der Waals surface area contributed by atoms with Gasteiger partial charge in [0.2, 0.25) is 5.88 Å². The van der Waals surface area contributed by atoms with Crippen molar-refractivity contribution in [1.29, 1.82) is 0 Å². The third kappa shape index (κ3) is 4.70. The van der Waals surface area contributed by atoms with Gasteiger partial charge in [0.05, 0.1) is 12.6 Å². The highest BCUT2D eigenvalue weighted by atomic mass is 32.1. The monoisotopic (exact) mass is 320 g/mol. The molecule has 0 aliphatic rings. The van der Waals surface area contributed by atoms with E-state index in [1.807, 2.05) is 31.4 Å². The van der Waals surface area contributed by atoms with Crippen molar-refractivity contribution < 1.29 is 9.53 Å². The van der Waals surface area contributed by atoms with Crippen LogP contribution in [0, 0.1) is 0 Å². The highest BCUT2D eigenvalue weighted by Crippen LogP contribution is 2.15. The van der Waals surface area contributed by atoms with Crippen molar-refractivity contribution >= 4 is 17.4 Å². The van der Waals surface area contributed by atoms with Crippen molar-refractivity contribution in [3.8, 4) is 5.88 Å². The van der Waals surface area contributed by atoms with E-state index in [-0.39, 0.29) is 12.1 Å². The van der Waals surface area contributed by atoms with Crippen LogP contribution in [0.25, 0.3) is 0 Å². The van der Waals surface area contributed by atoms with Crippen LogP contribution in [0.3, 0.4) is 0 Å². The van der Waals surface area contributed by atoms with Crippen LogP contribution in [0.4, 0.5) is 4.79 Å². The molecule has 0 saturated heterocycles. The molecular weight excluding hydrogens is 300 g/mol. The molecule has 118 valence electrons. The first kappa shape index (κ1) is 16.2. The summed E-state index contributed by atoms with van der Waals surface area (Å²) in [6, 6.07) is 3.56. The summed E-state index contributed by atoms with van der Waals surface area (Å²) in [6.07, 6.45) is 3.45. The molecule has 1 N–H and O–H groups in total. The second kappa shape index (κ2) is 7.74. The van der Waals surface area contributed by atoms with Crippen LogP contribution in [0.1, 0.15) is 24.4 Å². The number of hydrogen-bond donors (Lipinski definition) is 1. The van der Waals surface area contributed by atoms with Gasteiger partial charge in [0.15, 0.2) is 0 Å². The standard InChI is InChI=1S/C15H20N4O2S/c1-11(2)21-14-12(5-4-6-17-14)9-18-15(20)19(3)10-13-16-7-8-22-13/h4-8,11H,9-10H2,1-3H3,(H,18,20). The average molecular weight is 320 g/mol. The van der Waals surface area contributed by atoms with Crippen molar-refractivity contribution in [3.63, 3.8) is 0 Å². The Hall–Kier alpha value is -2.15. The Morgan fingerprint density at radius 1 is 1.41 bits per heavy atom. The van der Waals surface area contributed by atoms with E-state index in [0.717, 1.165) is 10.6 Å². The molecule has 0 aromatic carbocycles. The molecule has 2 aromatic heterocycles. The number of urea groups is 1. The highest BCUT2D eigenvalue weighted by molar-refractivity contribution is 7.09. The minimum absolute atomic E-state index is 0.0388. The molecule has 2 heterocycles. The van der Waals surface area contributed by atoms with Crippen LogP contribution >= 0.6 is 11.3 Å². The fraction of sp³-hybridized carbons (Fsp3) is 0.400. The van der Waals surface area contributed by atoms with E-state index in [4.69, 9.17) is 4.74 Å². The van der Waals surface area contributed by atoms with Gasteiger partial charge in [-0.1, -0.05) is 6.07 Å². The number of nitrogens with zero attached hydrogens (tertiary/aromatic N) is 3. The van der Waals surface area contributed by atoms with Gasteiger partial charge < -0.3 is 15.0 Å². The lowest BCUT2D eigenvalue weighted by molar-refractivity contribution is 0.205. The normalized spacial score (nSPS) is 10.5. The lowest BCUT2D eigenvalue weighted by Gasteiger charge is -2.18. The molecule has 0 fully saturated rings. The zero-order valence-corrected chi connectivity index (χ0v) is 13.8. The van der Waals surface area contributed by atoms with Gasteiger partial charge in [0, 0.05) is 36.9 Å². The van der Waals surface area contributed by atoms with Gasteiger partial charge in [-0.25, -0.2) is 14.8 Å². The number of rotatable bonds is 6. The lowest BCUT2D eigenvalue weighted by Crippen LogP contribution is -2.36. The fourth-order valence-electron chi connectivity index (χ4n) is 1.80. The molecule has 0 bridgehead atoms. The number of carbonyl (C=O) groups is 1. The summed E-state index contributed by atoms with van der Waals surface area (Å²) in [5.41, 5.74) is 0.854. The molecular formula is C15H20N4O2S. The maximum atomic E-state index is 12.1. The fourth-order valence-corrected chi connectivity index (χ4v) is 2.47. The lowest BCUT2D eigenvalue weighted by atomic mass is 10.2. The van der Waals surface area contributed by atoms with Gasteiger partial charge in [-0.3, -0.25) is 0 Å². The second-order valence-electron chi connectivity index (χ2n) is 5.07. The van der Waals surface area contributed by atoms with Crippen LogP contribution in [0.15, 0.2) is 29.9 Å². The minimum atomic E-state index is -0.158. The molecule has 0 spiro atoms. The summed E-state index contributed by atoms with van der Waals surface area (Å²) >= 11 is 1.53. The largest absolute Gasteiger partial charge is 0.475 e. The SMILES string of the molecule is CC(C)Oc1ncccc1CNC(=O)N(C)Cc1nccs1. The molecule has 2 aromatic rings. The summed E-state index contributed by atoms with van der Waals surface area (Å²) in [6.45, 7) is 4.75. The quantitative estimate of drug-likeness (QED) is 0.888. The average Bonchev–Trinajstić information content (AvgIpc) is 2.98. The predicted molar refractivity (Wildman–Crippen MR) is 85.8 cm³/mol. The molecule has 7 heteroatoms. The Bertz CT molecular complexity index is 601. The summed E-state index contributed by atoms with van der Waals surface area (Å²) < 4.78 is 5.64. The molecule has 0 saturated carbocycles. The zero-order valence-electron chi connectivity index (χ0n) is 12.9. The van der Waals surface area contributed by atoms with Gasteiger partial charge >= 0.3 is 6.03 Å². The molecule has 6 nitrogen and oxygen atoms in total. The van der Waals surface area contributed by atoms with Gasteiger partial charge in [0.1, 0.15) is 5.01 Å². The van der Waals surface area contributed by atoms with Gasteiger partial charge in [0.25, 0.3) is 0 Å². The van der Waals surface area contributed by atoms with Crippen LogP contribution in [-0.2, 0) is 13.1 Å².